The Morgan fingerprint density at radius 2 is 0.853 bits per heavy atom. The fourth-order valence-corrected chi connectivity index (χ4v) is 23.6. The van der Waals surface area contributed by atoms with Crippen LogP contribution in [0.25, 0.3) is 0 Å². The fraction of sp³-hybridized carbons (Fsp3) is 0.509. The van der Waals surface area contributed by atoms with Gasteiger partial charge in [-0.15, -0.1) is 0 Å². The second-order valence-corrected chi connectivity index (χ2v) is 40.4. The SMILES string of the molecule is CC(=O)O[C@@H]1[C@@H](O[C@@H]2OC[C@@H](O[C@@H]3O[C@H](COC(=O)c4ccccc4)[C@@H](OC(=O)c4ccccc4)[C@H](OC(=O)c4ccccc4)[C@H]3OC(=O)c3ccccc3)[C@H](OC(=O)c3ccccc3)[C@H]2OC(=O)c2ccccc2)[C@@H](OC(C)=O)[C@H](O[C@H]2[C@H](O[C@H]3CC[C@]4(C)[C@H]5CC=C6[C@@H]7CC(C)(C)CC[C@]7(C(=O)OCc7ccccc7)CC[C@@]6(C)[C@]5(C)CC[C@H]4C3(C)C)OC[C@@H]3OC(C)(C)O[C@H]23)O[C@H]1C. The highest BCUT2D eigenvalue weighted by Crippen LogP contribution is 2.76. The average Bonchev–Trinajstić information content (AvgIpc) is 0.777. The van der Waals surface area contributed by atoms with E-state index in [0.717, 1.165) is 77.2 Å². The minimum Gasteiger partial charge on any atom is -0.460 e. The molecule has 5 aliphatic carbocycles. The number of esters is 9. The lowest BCUT2D eigenvalue weighted by molar-refractivity contribution is -0.379. The molecule has 136 heavy (non-hydrogen) atoms. The summed E-state index contributed by atoms with van der Waals surface area (Å²) >= 11 is 0. The Kier molecular flexibility index (Phi) is 28.4. The van der Waals surface area contributed by atoms with Crippen LogP contribution in [0.2, 0.25) is 0 Å². The van der Waals surface area contributed by atoms with Crippen LogP contribution in [0, 0.1) is 50.2 Å². The first kappa shape index (κ1) is 96.8. The molecule has 5 aliphatic heterocycles. The van der Waals surface area contributed by atoms with Crippen molar-refractivity contribution in [3.63, 3.8) is 0 Å². The number of carbonyl (C=O) groups is 9. The molecule has 28 nitrogen and oxygen atoms in total. The molecule has 0 amide bonds. The Bertz CT molecular complexity index is 5450. The molecule has 0 spiro atoms. The molecule has 26 atom stereocenters. The normalized spacial score (nSPS) is 34.4. The molecule has 0 radical (unpaired) electrons. The minimum absolute atomic E-state index is 0.00891. The Balaban J connectivity index is 0.702. The zero-order valence-electron chi connectivity index (χ0n) is 78.8. The maximum Gasteiger partial charge on any atom is 0.338 e. The van der Waals surface area contributed by atoms with Crippen molar-refractivity contribution in [2.75, 3.05) is 19.8 Å². The van der Waals surface area contributed by atoms with E-state index in [0.29, 0.717) is 6.42 Å². The van der Waals surface area contributed by atoms with Gasteiger partial charge in [0.05, 0.1) is 64.2 Å². The molecule has 28 heteroatoms. The van der Waals surface area contributed by atoms with E-state index in [2.05, 4.69) is 54.5 Å². The van der Waals surface area contributed by atoms with Crippen molar-refractivity contribution in [1.82, 2.24) is 0 Å². The monoisotopic (exact) mass is 1870 g/mol. The van der Waals surface area contributed by atoms with Crippen LogP contribution in [0.15, 0.2) is 224 Å². The zero-order valence-corrected chi connectivity index (χ0v) is 78.8. The molecule has 9 fully saturated rings. The van der Waals surface area contributed by atoms with Gasteiger partial charge < -0.3 is 90.0 Å². The molecule has 4 saturated carbocycles. The highest BCUT2D eigenvalue weighted by Gasteiger charge is 2.71. The number of allylic oxidation sites excluding steroid dienone is 2. The van der Waals surface area contributed by atoms with Crippen molar-refractivity contribution in [3.05, 3.63) is 263 Å². The van der Waals surface area contributed by atoms with E-state index >= 15 is 9.59 Å². The maximum atomic E-state index is 15.3. The van der Waals surface area contributed by atoms with E-state index in [1.54, 1.807) is 130 Å². The minimum atomic E-state index is -2.09. The average molecular weight is 1870 g/mol. The smallest absolute Gasteiger partial charge is 0.338 e. The highest BCUT2D eigenvalue weighted by molar-refractivity contribution is 5.93. The van der Waals surface area contributed by atoms with Crippen LogP contribution in [0.5, 0.6) is 0 Å². The number of carbonyl (C=O) groups excluding carboxylic acids is 9. The van der Waals surface area contributed by atoms with Gasteiger partial charge in [0, 0.05) is 13.8 Å². The van der Waals surface area contributed by atoms with E-state index in [1.807, 2.05) is 30.3 Å². The summed E-state index contributed by atoms with van der Waals surface area (Å²) < 4.78 is 128. The van der Waals surface area contributed by atoms with Crippen LogP contribution in [-0.4, -0.2) is 196 Å². The second-order valence-electron chi connectivity index (χ2n) is 40.4. The molecular formula is C108H122O28. The van der Waals surface area contributed by atoms with E-state index in [4.69, 9.17) is 90.0 Å². The molecule has 0 N–H and O–H groups in total. The predicted molar refractivity (Wildman–Crippen MR) is 487 cm³/mol. The molecule has 0 unspecified atom stereocenters. The molecule has 722 valence electrons. The van der Waals surface area contributed by atoms with Crippen LogP contribution >= 0.6 is 0 Å². The third-order valence-corrected chi connectivity index (χ3v) is 30.6. The van der Waals surface area contributed by atoms with Gasteiger partial charge in [0.15, 0.2) is 73.7 Å². The summed E-state index contributed by atoms with van der Waals surface area (Å²) in [6.45, 7) is 23.0. The van der Waals surface area contributed by atoms with Crippen LogP contribution in [-0.2, 0) is 111 Å². The van der Waals surface area contributed by atoms with Crippen molar-refractivity contribution in [1.29, 1.82) is 0 Å². The van der Waals surface area contributed by atoms with E-state index in [9.17, 15) is 33.6 Å². The Morgan fingerprint density at radius 1 is 0.397 bits per heavy atom. The Morgan fingerprint density at radius 3 is 1.40 bits per heavy atom. The van der Waals surface area contributed by atoms with Gasteiger partial charge in [-0.25, -0.2) is 28.8 Å². The Labute approximate surface area is 792 Å². The van der Waals surface area contributed by atoms with Crippen molar-refractivity contribution in [2.45, 2.75) is 276 Å². The van der Waals surface area contributed by atoms with E-state index in [1.165, 1.54) is 78.4 Å². The van der Waals surface area contributed by atoms with Crippen LogP contribution in [0.4, 0.5) is 0 Å². The zero-order chi connectivity index (χ0) is 95.8. The van der Waals surface area contributed by atoms with Gasteiger partial charge in [0.25, 0.3) is 0 Å². The number of benzene rings is 7. The topological polar surface area (TPSA) is 329 Å². The first-order valence-corrected chi connectivity index (χ1v) is 47.4. The standard InChI is InChI=1S/C108H122O28/c1-63-81(123-64(2)109)85(89(124-65(3)110)99(122-63)134-88-84-77(135-104(8,9)136-84)62-120-97(88)127-80-51-52-105(10)78(103(80,6)7)50-53-107(12)79(105)49-48-73-74-58-102(4,5)54-56-108(74,57-55-106(73,107)11)101(117)121-59-66-34-20-13-21-35-66)133-98-87(131-95(115)71-44-30-18-31-45-71)83(129-93(113)69-40-26-16-27-41-69)76(61-119-98)126-100-90(132-96(116)72-46-32-19-33-47-72)86(130-94(114)70-42-28-17-29-43-70)82(128-92(112)68-38-24-15-25-39-68)75(125-100)60-118-91(111)67-36-22-14-23-37-67/h13-48,63,74-90,97-100H,49-62H2,1-12H3/t63-,74-,75+,76+,77-,78-,79+,80-,81-,82+,83-,84-,85+,86-,87+,88+,89+,90+,97-,98-,99-,100-,105-,106+,107+,108-/m0/s1. The third kappa shape index (κ3) is 19.8. The van der Waals surface area contributed by atoms with Crippen LogP contribution in [0.1, 0.15) is 215 Å². The molecule has 0 aromatic heterocycles. The fourth-order valence-electron chi connectivity index (χ4n) is 23.6. The number of hydrogen-bond acceptors (Lipinski definition) is 28. The second kappa shape index (κ2) is 39.9. The van der Waals surface area contributed by atoms with Gasteiger partial charge in [-0.3, -0.25) is 14.4 Å². The quantitative estimate of drug-likeness (QED) is 0.0210. The lowest BCUT2D eigenvalue weighted by Gasteiger charge is -2.71. The van der Waals surface area contributed by atoms with Gasteiger partial charge in [0.1, 0.15) is 49.8 Å². The number of rotatable bonds is 26. The van der Waals surface area contributed by atoms with E-state index in [-0.39, 0.29) is 92.0 Å². The summed E-state index contributed by atoms with van der Waals surface area (Å²) in [5, 5.41) is 0. The first-order valence-electron chi connectivity index (χ1n) is 47.4. The highest BCUT2D eigenvalue weighted by atomic mass is 16.8. The van der Waals surface area contributed by atoms with Gasteiger partial charge in [-0.2, -0.15) is 0 Å². The molecule has 7 aromatic carbocycles. The van der Waals surface area contributed by atoms with Crippen molar-refractivity contribution in [2.24, 2.45) is 50.2 Å². The molecule has 5 heterocycles. The largest absolute Gasteiger partial charge is 0.460 e. The van der Waals surface area contributed by atoms with Crippen molar-refractivity contribution in [3.8, 4) is 0 Å². The summed E-state index contributed by atoms with van der Waals surface area (Å²) in [5.74, 6) is -8.49. The summed E-state index contributed by atoms with van der Waals surface area (Å²) in [6.07, 6.45) is -19.0. The summed E-state index contributed by atoms with van der Waals surface area (Å²) in [6, 6.07) is 56.6. The van der Waals surface area contributed by atoms with Crippen molar-refractivity contribution < 1.29 is 133 Å². The summed E-state index contributed by atoms with van der Waals surface area (Å²) in [4.78, 5) is 132. The molecule has 10 aliphatic rings. The van der Waals surface area contributed by atoms with Crippen molar-refractivity contribution >= 4 is 53.7 Å². The Hall–Kier alpha value is -10.9. The first-order chi connectivity index (χ1) is 65.1. The molecule has 7 aromatic rings. The van der Waals surface area contributed by atoms with Gasteiger partial charge in [-0.05, 0) is 208 Å². The predicted octanol–water partition coefficient (Wildman–Crippen LogP) is 16.6. The lowest BCUT2D eigenvalue weighted by atomic mass is 9.33. The summed E-state index contributed by atoms with van der Waals surface area (Å²) in [7, 11) is 0. The number of ether oxygens (including phenoxy) is 19. The lowest BCUT2D eigenvalue weighted by Crippen LogP contribution is -2.67. The molecule has 5 saturated heterocycles. The van der Waals surface area contributed by atoms with E-state index < -0.39 is 194 Å². The number of fused-ring (bicyclic) bond motifs is 8. The molecule has 0 bridgehead atoms. The van der Waals surface area contributed by atoms with Crippen LogP contribution < -0.4 is 0 Å². The van der Waals surface area contributed by atoms with Gasteiger partial charge in [-0.1, -0.05) is 200 Å². The summed E-state index contributed by atoms with van der Waals surface area (Å²) in [5.41, 5.74) is 0.902. The van der Waals surface area contributed by atoms with Gasteiger partial charge in [0.2, 0.25) is 0 Å². The third-order valence-electron chi connectivity index (χ3n) is 30.6. The van der Waals surface area contributed by atoms with Crippen LogP contribution in [0.3, 0.4) is 0 Å². The molecular weight excluding hydrogens is 1750 g/mol. The number of hydrogen-bond donors (Lipinski definition) is 0. The molecule has 17 rings (SSSR count). The maximum absolute atomic E-state index is 15.3. The van der Waals surface area contributed by atoms with Gasteiger partial charge >= 0.3 is 53.7 Å².